The number of nitrogens with zero attached hydrogens (tertiary/aromatic N) is 2. The molecule has 0 amide bonds. The first-order valence-corrected chi connectivity index (χ1v) is 8.72. The van der Waals surface area contributed by atoms with Crippen molar-refractivity contribution < 1.29 is 5.11 Å². The van der Waals surface area contributed by atoms with Gasteiger partial charge in [0.25, 0.3) is 0 Å². The summed E-state index contributed by atoms with van der Waals surface area (Å²) in [4.78, 5) is 6.40. The van der Waals surface area contributed by atoms with Gasteiger partial charge >= 0.3 is 0 Å². The van der Waals surface area contributed by atoms with Crippen LogP contribution in [-0.2, 0) is 6.42 Å². The number of hydrogen-bond acceptors (Lipinski definition) is 4. The smallest absolute Gasteiger partial charge is 0.139 e. The number of aromatic nitrogens is 1. The minimum Gasteiger partial charge on any atom is -0.510 e. The Labute approximate surface area is 144 Å². The average Bonchev–Trinajstić information content (AvgIpc) is 3.15. The fourth-order valence-corrected chi connectivity index (χ4v) is 3.95. The number of anilines is 1. The van der Waals surface area contributed by atoms with Crippen molar-refractivity contribution in [1.29, 1.82) is 5.41 Å². The number of rotatable bonds is 3. The van der Waals surface area contributed by atoms with Crippen molar-refractivity contribution in [3.05, 3.63) is 64.9 Å². The third-order valence-corrected chi connectivity index (χ3v) is 5.32. The Morgan fingerprint density at radius 3 is 2.62 bits per heavy atom. The van der Waals surface area contributed by atoms with E-state index in [-0.39, 0.29) is 5.76 Å². The molecule has 0 bridgehead atoms. The second-order valence-corrected chi connectivity index (χ2v) is 6.79. The Bertz CT molecular complexity index is 923. The highest BCUT2D eigenvalue weighted by Crippen LogP contribution is 2.35. The van der Waals surface area contributed by atoms with E-state index in [4.69, 9.17) is 5.41 Å². The molecule has 120 valence electrons. The van der Waals surface area contributed by atoms with Crippen LogP contribution >= 0.6 is 11.3 Å². The summed E-state index contributed by atoms with van der Waals surface area (Å²) in [5, 5.41) is 19.6. The lowest BCUT2D eigenvalue weighted by Gasteiger charge is -2.18. The molecule has 0 unspecified atom stereocenters. The van der Waals surface area contributed by atoms with Crippen molar-refractivity contribution in [2.75, 3.05) is 11.4 Å². The van der Waals surface area contributed by atoms with E-state index in [2.05, 4.69) is 24.0 Å². The van der Waals surface area contributed by atoms with Gasteiger partial charge in [0.2, 0.25) is 0 Å². The number of benzene rings is 2. The van der Waals surface area contributed by atoms with Gasteiger partial charge in [0.05, 0.1) is 22.3 Å². The molecular formula is C19H17N3OS. The fraction of sp³-hybridized carbons (Fsp3) is 0.158. The van der Waals surface area contributed by atoms with E-state index < -0.39 is 0 Å². The molecule has 0 saturated heterocycles. The Morgan fingerprint density at radius 1 is 1.17 bits per heavy atom. The van der Waals surface area contributed by atoms with Crippen LogP contribution in [0.1, 0.15) is 17.5 Å². The van der Waals surface area contributed by atoms with Crippen molar-refractivity contribution in [3.8, 4) is 0 Å². The zero-order valence-electron chi connectivity index (χ0n) is 13.3. The maximum atomic E-state index is 10.4. The second-order valence-electron chi connectivity index (χ2n) is 5.76. The Kier molecular flexibility index (Phi) is 3.58. The lowest BCUT2D eigenvalue weighted by atomic mass is 10.1. The van der Waals surface area contributed by atoms with Crippen LogP contribution in [-0.4, -0.2) is 22.5 Å². The molecule has 0 spiro atoms. The molecule has 4 nitrogen and oxygen atoms in total. The highest BCUT2D eigenvalue weighted by molar-refractivity contribution is 7.19. The van der Waals surface area contributed by atoms with Crippen molar-refractivity contribution in [1.82, 2.24) is 4.98 Å². The van der Waals surface area contributed by atoms with Crippen LogP contribution in [0.2, 0.25) is 0 Å². The van der Waals surface area contributed by atoms with Crippen LogP contribution < -0.4 is 4.90 Å². The number of aliphatic hydroxyl groups excluding tert-OH is 1. The molecule has 24 heavy (non-hydrogen) atoms. The summed E-state index contributed by atoms with van der Waals surface area (Å²) < 4.78 is 1.06. The Balaban J connectivity index is 1.69. The lowest BCUT2D eigenvalue weighted by molar-refractivity contribution is 0.411. The number of aliphatic hydroxyl groups is 1. The fourth-order valence-electron chi connectivity index (χ4n) is 2.92. The molecule has 3 aromatic rings. The third-order valence-electron chi connectivity index (χ3n) is 4.27. The van der Waals surface area contributed by atoms with Crippen LogP contribution in [0.15, 0.2) is 54.3 Å². The van der Waals surface area contributed by atoms with Crippen LogP contribution in [0, 0.1) is 5.41 Å². The summed E-state index contributed by atoms with van der Waals surface area (Å²) in [5.74, 6) is 0.509. The zero-order chi connectivity index (χ0) is 16.7. The van der Waals surface area contributed by atoms with Crippen LogP contribution in [0.25, 0.3) is 15.8 Å². The largest absolute Gasteiger partial charge is 0.510 e. The summed E-state index contributed by atoms with van der Waals surface area (Å²) in [5.41, 5.74) is 3.61. The van der Waals surface area contributed by atoms with Gasteiger partial charge in [0.15, 0.2) is 0 Å². The zero-order valence-corrected chi connectivity index (χ0v) is 14.1. The monoisotopic (exact) mass is 335 g/mol. The van der Waals surface area contributed by atoms with E-state index in [1.165, 1.54) is 16.9 Å². The van der Waals surface area contributed by atoms with E-state index in [0.29, 0.717) is 23.0 Å². The summed E-state index contributed by atoms with van der Waals surface area (Å²) in [6.45, 7) is 2.43. The highest BCUT2D eigenvalue weighted by atomic mass is 32.1. The van der Waals surface area contributed by atoms with E-state index in [0.717, 1.165) is 22.3 Å². The minimum absolute atomic E-state index is 0.207. The number of fused-ring (bicyclic) bond motifs is 1. The Hall–Kier alpha value is -2.66. The van der Waals surface area contributed by atoms with Crippen LogP contribution in [0.4, 0.5) is 5.69 Å². The van der Waals surface area contributed by atoms with Gasteiger partial charge in [-0.25, -0.2) is 4.98 Å². The first-order valence-electron chi connectivity index (χ1n) is 7.91. The summed E-state index contributed by atoms with van der Waals surface area (Å²) in [7, 11) is 0. The lowest BCUT2D eigenvalue weighted by Crippen LogP contribution is -2.25. The number of amidine groups is 1. The second kappa shape index (κ2) is 5.76. The quantitative estimate of drug-likeness (QED) is 0.734. The van der Waals surface area contributed by atoms with E-state index in [9.17, 15) is 5.11 Å². The van der Waals surface area contributed by atoms with Gasteiger partial charge in [-0.3, -0.25) is 5.41 Å². The van der Waals surface area contributed by atoms with E-state index in [1.807, 2.05) is 41.3 Å². The number of nitrogens with one attached hydrogen (secondary N) is 1. The van der Waals surface area contributed by atoms with Gasteiger partial charge in [0, 0.05) is 5.69 Å². The van der Waals surface area contributed by atoms with Gasteiger partial charge in [-0.05, 0) is 36.2 Å². The number of para-hydroxylation sites is 1. The summed E-state index contributed by atoms with van der Waals surface area (Å²) in [6.07, 6.45) is 0.984. The van der Waals surface area contributed by atoms with Crippen molar-refractivity contribution >= 4 is 38.6 Å². The molecule has 2 N–H and O–H groups in total. The van der Waals surface area contributed by atoms with Gasteiger partial charge in [-0.1, -0.05) is 31.2 Å². The first-order chi connectivity index (χ1) is 11.7. The maximum Gasteiger partial charge on any atom is 0.139 e. The predicted molar refractivity (Wildman–Crippen MR) is 100 cm³/mol. The number of aryl methyl sites for hydroxylation is 1. The molecule has 2 aromatic carbocycles. The normalized spacial score (nSPS) is 14.9. The first kappa shape index (κ1) is 14.9. The predicted octanol–water partition coefficient (Wildman–Crippen LogP) is 4.63. The van der Waals surface area contributed by atoms with E-state index in [1.54, 1.807) is 0 Å². The molecule has 1 aliphatic rings. The minimum atomic E-state index is 0.207. The standard InChI is InChI=1S/C19H17N3OS/c1-2-12-7-9-13(10-8-12)22-11-15(23)17(18(22)20)19-21-14-5-3-4-6-16(14)24-19/h3-10,20,23H,2,11H2,1H3. The Morgan fingerprint density at radius 2 is 1.92 bits per heavy atom. The van der Waals surface area contributed by atoms with Crippen molar-refractivity contribution in [3.63, 3.8) is 0 Å². The van der Waals surface area contributed by atoms with Crippen molar-refractivity contribution in [2.45, 2.75) is 13.3 Å². The molecule has 0 aliphatic carbocycles. The van der Waals surface area contributed by atoms with Crippen LogP contribution in [0.5, 0.6) is 0 Å². The van der Waals surface area contributed by atoms with Gasteiger partial charge in [-0.15, -0.1) is 11.3 Å². The molecule has 0 atom stereocenters. The molecule has 4 rings (SSSR count). The molecule has 0 fully saturated rings. The summed E-state index contributed by atoms with van der Waals surface area (Å²) >= 11 is 1.51. The summed E-state index contributed by atoms with van der Waals surface area (Å²) in [6, 6.07) is 16.0. The average molecular weight is 335 g/mol. The molecular weight excluding hydrogens is 318 g/mol. The van der Waals surface area contributed by atoms with E-state index >= 15 is 0 Å². The third kappa shape index (κ3) is 2.37. The topological polar surface area (TPSA) is 60.2 Å². The highest BCUT2D eigenvalue weighted by Gasteiger charge is 2.31. The molecule has 1 aromatic heterocycles. The van der Waals surface area contributed by atoms with Gasteiger partial charge in [0.1, 0.15) is 16.6 Å². The SMILES string of the molecule is CCc1ccc(N2CC(O)=C(c3nc4ccccc4s3)C2=N)cc1. The maximum absolute atomic E-state index is 10.4. The van der Waals surface area contributed by atoms with Gasteiger partial charge < -0.3 is 10.0 Å². The molecule has 2 heterocycles. The molecule has 0 radical (unpaired) electrons. The molecule has 5 heteroatoms. The van der Waals surface area contributed by atoms with Gasteiger partial charge in [-0.2, -0.15) is 0 Å². The molecule has 0 saturated carbocycles. The van der Waals surface area contributed by atoms with Crippen LogP contribution in [0.3, 0.4) is 0 Å². The van der Waals surface area contributed by atoms with Crippen molar-refractivity contribution in [2.24, 2.45) is 0 Å². The number of thiazole rings is 1. The number of hydrogen-bond donors (Lipinski definition) is 2. The molecule has 1 aliphatic heterocycles.